The van der Waals surface area contributed by atoms with Crippen molar-refractivity contribution < 1.29 is 9.53 Å². The Morgan fingerprint density at radius 3 is 2.54 bits per heavy atom. The second-order valence-electron chi connectivity index (χ2n) is 5.85. The summed E-state index contributed by atoms with van der Waals surface area (Å²) in [6.07, 6.45) is 1.03. The van der Waals surface area contributed by atoms with E-state index in [1.165, 1.54) is 5.56 Å². The highest BCUT2D eigenvalue weighted by atomic mass is 79.9. The molecule has 0 aliphatic heterocycles. The third-order valence-corrected chi connectivity index (χ3v) is 4.37. The smallest absolute Gasteiger partial charge is 0.224 e. The number of benzene rings is 2. The number of carbonyl (C=O) groups is 1. The predicted molar refractivity (Wildman–Crippen MR) is 103 cm³/mol. The third-order valence-electron chi connectivity index (χ3n) is 3.57. The number of ether oxygens (including phenoxy) is 1. The van der Waals surface area contributed by atoms with Crippen molar-refractivity contribution in [1.29, 1.82) is 0 Å². The molecule has 0 saturated carbocycles. The largest absolute Gasteiger partial charge is 0.494 e. The zero-order chi connectivity index (χ0) is 17.5. The van der Waals surface area contributed by atoms with Crippen LogP contribution in [0.15, 0.2) is 46.9 Å². The van der Waals surface area contributed by atoms with Crippen LogP contribution in [0.25, 0.3) is 0 Å². The first-order valence-corrected chi connectivity index (χ1v) is 9.10. The van der Waals surface area contributed by atoms with Crippen LogP contribution in [-0.4, -0.2) is 12.5 Å². The summed E-state index contributed by atoms with van der Waals surface area (Å²) in [6, 6.07) is 13.4. The van der Waals surface area contributed by atoms with E-state index in [1.807, 2.05) is 18.2 Å². The van der Waals surface area contributed by atoms with E-state index in [1.54, 1.807) is 12.1 Å². The summed E-state index contributed by atoms with van der Waals surface area (Å²) in [6.45, 7) is 4.82. The van der Waals surface area contributed by atoms with Gasteiger partial charge in [-0.15, -0.1) is 0 Å². The molecule has 128 valence electrons. The SMILES string of the molecule is CC(C)c1ccc(OCCCC(=O)Nc2ccc(Br)cc2Cl)cc1. The highest BCUT2D eigenvalue weighted by molar-refractivity contribution is 9.10. The Morgan fingerprint density at radius 1 is 1.21 bits per heavy atom. The van der Waals surface area contributed by atoms with E-state index in [0.29, 0.717) is 36.1 Å². The van der Waals surface area contributed by atoms with E-state index in [4.69, 9.17) is 16.3 Å². The molecule has 2 aromatic carbocycles. The van der Waals surface area contributed by atoms with Gasteiger partial charge in [-0.3, -0.25) is 4.79 Å². The van der Waals surface area contributed by atoms with E-state index in [0.717, 1.165) is 10.2 Å². The Bertz CT molecular complexity index is 686. The minimum atomic E-state index is -0.0713. The van der Waals surface area contributed by atoms with E-state index < -0.39 is 0 Å². The Balaban J connectivity index is 1.72. The minimum Gasteiger partial charge on any atom is -0.494 e. The normalized spacial score (nSPS) is 10.7. The topological polar surface area (TPSA) is 38.3 Å². The molecule has 0 bridgehead atoms. The van der Waals surface area contributed by atoms with Crippen molar-refractivity contribution in [3.05, 3.63) is 57.5 Å². The number of nitrogens with one attached hydrogen (secondary N) is 1. The zero-order valence-corrected chi connectivity index (χ0v) is 16.2. The Kier molecular flexibility index (Phi) is 7.13. The minimum absolute atomic E-state index is 0.0713. The molecule has 3 nitrogen and oxygen atoms in total. The first kappa shape index (κ1) is 18.8. The van der Waals surface area contributed by atoms with Crippen LogP contribution < -0.4 is 10.1 Å². The van der Waals surface area contributed by atoms with E-state index >= 15 is 0 Å². The molecule has 0 unspecified atom stereocenters. The van der Waals surface area contributed by atoms with Gasteiger partial charge < -0.3 is 10.1 Å². The van der Waals surface area contributed by atoms with Gasteiger partial charge in [0.2, 0.25) is 5.91 Å². The van der Waals surface area contributed by atoms with Crippen LogP contribution in [0.3, 0.4) is 0 Å². The van der Waals surface area contributed by atoms with Crippen LogP contribution in [0, 0.1) is 0 Å². The van der Waals surface area contributed by atoms with E-state index in [-0.39, 0.29) is 5.91 Å². The lowest BCUT2D eigenvalue weighted by atomic mass is 10.0. The van der Waals surface area contributed by atoms with Crippen molar-refractivity contribution >= 4 is 39.1 Å². The van der Waals surface area contributed by atoms with Crippen LogP contribution >= 0.6 is 27.5 Å². The van der Waals surface area contributed by atoms with Gasteiger partial charge in [-0.2, -0.15) is 0 Å². The van der Waals surface area contributed by atoms with Crippen LogP contribution in [0.2, 0.25) is 5.02 Å². The fraction of sp³-hybridized carbons (Fsp3) is 0.316. The molecular weight excluding hydrogens is 390 g/mol. The fourth-order valence-corrected chi connectivity index (χ4v) is 2.90. The molecule has 0 saturated heterocycles. The number of hydrogen-bond donors (Lipinski definition) is 1. The molecule has 2 rings (SSSR count). The molecule has 0 aliphatic carbocycles. The van der Waals surface area contributed by atoms with Crippen molar-refractivity contribution in [2.75, 3.05) is 11.9 Å². The van der Waals surface area contributed by atoms with Gasteiger partial charge in [-0.25, -0.2) is 0 Å². The van der Waals surface area contributed by atoms with Gasteiger partial charge in [0.1, 0.15) is 5.75 Å². The molecule has 0 aliphatic rings. The summed E-state index contributed by atoms with van der Waals surface area (Å²) >= 11 is 9.41. The maximum absolute atomic E-state index is 11.9. The Hall–Kier alpha value is -1.52. The molecule has 0 atom stereocenters. The van der Waals surface area contributed by atoms with Gasteiger partial charge in [-0.1, -0.05) is 53.5 Å². The summed E-state index contributed by atoms with van der Waals surface area (Å²) in [7, 11) is 0. The lowest BCUT2D eigenvalue weighted by Crippen LogP contribution is -2.13. The Morgan fingerprint density at radius 2 is 1.92 bits per heavy atom. The Labute approximate surface area is 156 Å². The van der Waals surface area contributed by atoms with Gasteiger partial charge in [0.15, 0.2) is 0 Å². The molecule has 5 heteroatoms. The highest BCUT2D eigenvalue weighted by Gasteiger charge is 2.06. The van der Waals surface area contributed by atoms with Crippen molar-refractivity contribution in [3.8, 4) is 5.75 Å². The summed E-state index contributed by atoms with van der Waals surface area (Å²) in [5.41, 5.74) is 1.91. The predicted octanol–water partition coefficient (Wildman–Crippen LogP) is 6.02. The summed E-state index contributed by atoms with van der Waals surface area (Å²) in [4.78, 5) is 11.9. The summed E-state index contributed by atoms with van der Waals surface area (Å²) in [5.74, 6) is 1.27. The van der Waals surface area contributed by atoms with Gasteiger partial charge in [0.05, 0.1) is 17.3 Å². The molecule has 0 fully saturated rings. The number of halogens is 2. The molecule has 0 heterocycles. The van der Waals surface area contributed by atoms with Crippen molar-refractivity contribution in [2.45, 2.75) is 32.6 Å². The second kappa shape index (κ2) is 9.09. The van der Waals surface area contributed by atoms with Gasteiger partial charge >= 0.3 is 0 Å². The number of carbonyl (C=O) groups excluding carboxylic acids is 1. The van der Waals surface area contributed by atoms with Gasteiger partial charge in [0.25, 0.3) is 0 Å². The third kappa shape index (κ3) is 5.84. The van der Waals surface area contributed by atoms with Crippen LogP contribution in [-0.2, 0) is 4.79 Å². The maximum atomic E-state index is 11.9. The fourth-order valence-electron chi connectivity index (χ4n) is 2.18. The average Bonchev–Trinajstić information content (AvgIpc) is 2.55. The molecule has 24 heavy (non-hydrogen) atoms. The summed E-state index contributed by atoms with van der Waals surface area (Å²) in [5, 5.41) is 3.32. The van der Waals surface area contributed by atoms with Crippen molar-refractivity contribution in [2.24, 2.45) is 0 Å². The quantitative estimate of drug-likeness (QED) is 0.566. The second-order valence-corrected chi connectivity index (χ2v) is 7.17. The molecule has 2 aromatic rings. The van der Waals surface area contributed by atoms with Crippen LogP contribution in [0.1, 0.15) is 38.2 Å². The van der Waals surface area contributed by atoms with Gasteiger partial charge in [-0.05, 0) is 48.2 Å². The summed E-state index contributed by atoms with van der Waals surface area (Å²) < 4.78 is 6.55. The van der Waals surface area contributed by atoms with Gasteiger partial charge in [0, 0.05) is 10.9 Å². The first-order chi connectivity index (χ1) is 11.5. The molecule has 0 radical (unpaired) electrons. The molecule has 1 N–H and O–H groups in total. The molecular formula is C19H21BrClNO2. The molecule has 1 amide bonds. The van der Waals surface area contributed by atoms with Crippen LogP contribution in [0.5, 0.6) is 5.75 Å². The zero-order valence-electron chi connectivity index (χ0n) is 13.8. The first-order valence-electron chi connectivity index (χ1n) is 7.93. The van der Waals surface area contributed by atoms with E-state index in [2.05, 4.69) is 47.2 Å². The monoisotopic (exact) mass is 409 g/mol. The number of hydrogen-bond acceptors (Lipinski definition) is 2. The van der Waals surface area contributed by atoms with E-state index in [9.17, 15) is 4.79 Å². The number of rotatable bonds is 7. The highest BCUT2D eigenvalue weighted by Crippen LogP contribution is 2.25. The number of amides is 1. The molecule has 0 aromatic heterocycles. The average molecular weight is 411 g/mol. The van der Waals surface area contributed by atoms with Crippen molar-refractivity contribution in [1.82, 2.24) is 0 Å². The van der Waals surface area contributed by atoms with Crippen LogP contribution in [0.4, 0.5) is 5.69 Å². The van der Waals surface area contributed by atoms with Crippen molar-refractivity contribution in [3.63, 3.8) is 0 Å². The lowest BCUT2D eigenvalue weighted by molar-refractivity contribution is -0.116. The standard InChI is InChI=1S/C19H21BrClNO2/c1-13(2)14-5-8-16(9-6-14)24-11-3-4-19(23)22-18-10-7-15(20)12-17(18)21/h5-10,12-13H,3-4,11H2,1-2H3,(H,22,23). The molecule has 0 spiro atoms. The lowest BCUT2D eigenvalue weighted by Gasteiger charge is -2.10. The number of anilines is 1. The maximum Gasteiger partial charge on any atom is 0.224 e.